The zero-order chi connectivity index (χ0) is 17.1. The highest BCUT2D eigenvalue weighted by Gasteiger charge is 2.33. The van der Waals surface area contributed by atoms with Gasteiger partial charge in [0.25, 0.3) is 0 Å². The first-order valence-electron chi connectivity index (χ1n) is 8.88. The molecule has 130 valence electrons. The number of nitrogens with one attached hydrogen (secondary N) is 1. The first-order valence-corrected chi connectivity index (χ1v) is 8.88. The van der Waals surface area contributed by atoms with Gasteiger partial charge >= 0.3 is 0 Å². The summed E-state index contributed by atoms with van der Waals surface area (Å²) >= 11 is 0. The first kappa shape index (κ1) is 16.2. The molecule has 0 bridgehead atoms. The summed E-state index contributed by atoms with van der Waals surface area (Å²) in [6.07, 6.45) is 4.36. The topological polar surface area (TPSA) is 61.4 Å². The number of rotatable bonds is 4. The molecule has 1 aromatic heterocycles. The van der Waals surface area contributed by atoms with E-state index in [4.69, 9.17) is 0 Å². The Morgan fingerprint density at radius 2 is 1.96 bits per heavy atom. The van der Waals surface area contributed by atoms with Gasteiger partial charge in [-0.15, -0.1) is 0 Å². The Morgan fingerprint density at radius 3 is 2.76 bits per heavy atom. The van der Waals surface area contributed by atoms with Crippen LogP contribution in [0.3, 0.4) is 0 Å². The maximum absolute atomic E-state index is 12.8. The fourth-order valence-corrected chi connectivity index (χ4v) is 3.59. The third-order valence-electron chi connectivity index (χ3n) is 5.10. The molecule has 1 unspecified atom stereocenters. The Kier molecular flexibility index (Phi) is 4.72. The van der Waals surface area contributed by atoms with Crippen LogP contribution < -0.4 is 5.32 Å². The van der Waals surface area contributed by atoms with Crippen molar-refractivity contribution in [3.63, 3.8) is 0 Å². The molecular weight excluding hydrogens is 314 g/mol. The van der Waals surface area contributed by atoms with E-state index in [1.54, 1.807) is 12.5 Å². The molecule has 6 heteroatoms. The van der Waals surface area contributed by atoms with E-state index in [1.807, 2.05) is 11.0 Å². The number of piperazine rings is 1. The maximum atomic E-state index is 12.8. The zero-order valence-electron chi connectivity index (χ0n) is 14.3. The van der Waals surface area contributed by atoms with Crippen LogP contribution in [0.5, 0.6) is 0 Å². The van der Waals surface area contributed by atoms with E-state index < -0.39 is 0 Å². The van der Waals surface area contributed by atoms with Gasteiger partial charge in [-0.1, -0.05) is 30.3 Å². The summed E-state index contributed by atoms with van der Waals surface area (Å²) in [5.41, 5.74) is 3.24. The van der Waals surface area contributed by atoms with Gasteiger partial charge in [0.05, 0.1) is 5.69 Å². The Morgan fingerprint density at radius 1 is 1.16 bits per heavy atom. The Labute approximate surface area is 147 Å². The van der Waals surface area contributed by atoms with Crippen molar-refractivity contribution in [3.05, 3.63) is 59.7 Å². The quantitative estimate of drug-likeness (QED) is 0.902. The van der Waals surface area contributed by atoms with Crippen molar-refractivity contribution in [1.29, 1.82) is 0 Å². The number of nitrogens with zero attached hydrogens (tertiary/aromatic N) is 4. The van der Waals surface area contributed by atoms with E-state index in [9.17, 15) is 4.79 Å². The number of amides is 1. The fourth-order valence-electron chi connectivity index (χ4n) is 3.59. The van der Waals surface area contributed by atoms with Gasteiger partial charge in [0, 0.05) is 51.0 Å². The lowest BCUT2D eigenvalue weighted by Crippen LogP contribution is -2.51. The van der Waals surface area contributed by atoms with Gasteiger partial charge in [-0.05, 0) is 12.0 Å². The second-order valence-corrected chi connectivity index (χ2v) is 6.64. The van der Waals surface area contributed by atoms with Crippen LogP contribution in [0.1, 0.15) is 22.9 Å². The van der Waals surface area contributed by atoms with E-state index in [-0.39, 0.29) is 11.9 Å². The van der Waals surface area contributed by atoms with E-state index in [1.165, 1.54) is 5.56 Å². The molecular formula is C19H23N5O. The summed E-state index contributed by atoms with van der Waals surface area (Å²) < 4.78 is 0. The Balaban J connectivity index is 1.29. The normalized spacial score (nSPS) is 20.5. The van der Waals surface area contributed by atoms with Crippen LogP contribution in [-0.2, 0) is 17.8 Å². The summed E-state index contributed by atoms with van der Waals surface area (Å²) in [6, 6.07) is 10.3. The standard InChI is InChI=1S/C19H23N5O/c25-19(18-16-12-20-14-22-17(16)13-21-18)24-10-8-23(9-11-24)7-6-15-4-2-1-3-5-15/h1-5,12,14,18,21H,6-11,13H2. The predicted molar refractivity (Wildman–Crippen MR) is 94.8 cm³/mol. The lowest BCUT2D eigenvalue weighted by Gasteiger charge is -2.36. The van der Waals surface area contributed by atoms with E-state index in [2.05, 4.69) is 44.5 Å². The largest absolute Gasteiger partial charge is 0.338 e. The van der Waals surface area contributed by atoms with Crippen molar-refractivity contribution in [1.82, 2.24) is 25.1 Å². The minimum atomic E-state index is -0.285. The number of benzene rings is 1. The van der Waals surface area contributed by atoms with E-state index in [0.29, 0.717) is 6.54 Å². The number of hydrogen-bond donors (Lipinski definition) is 1. The Hall–Kier alpha value is -2.31. The van der Waals surface area contributed by atoms with Crippen LogP contribution in [-0.4, -0.2) is 58.4 Å². The number of hydrogen-bond acceptors (Lipinski definition) is 5. The SMILES string of the molecule is O=C(C1NCc2ncncc21)N1CCN(CCc2ccccc2)CC1. The van der Waals surface area contributed by atoms with Crippen LogP contribution in [0.25, 0.3) is 0 Å². The number of aromatic nitrogens is 2. The second kappa shape index (κ2) is 7.29. The predicted octanol–water partition coefficient (Wildman–Crippen LogP) is 1.01. The molecule has 0 spiro atoms. The molecule has 3 heterocycles. The third kappa shape index (κ3) is 3.55. The van der Waals surface area contributed by atoms with Gasteiger partial charge in [0.2, 0.25) is 5.91 Å². The summed E-state index contributed by atoms with van der Waals surface area (Å²) in [7, 11) is 0. The maximum Gasteiger partial charge on any atom is 0.244 e. The van der Waals surface area contributed by atoms with Crippen molar-refractivity contribution in [2.75, 3.05) is 32.7 Å². The van der Waals surface area contributed by atoms with Crippen molar-refractivity contribution in [2.45, 2.75) is 19.0 Å². The lowest BCUT2D eigenvalue weighted by molar-refractivity contribution is -0.135. The van der Waals surface area contributed by atoms with E-state index in [0.717, 1.165) is 50.4 Å². The van der Waals surface area contributed by atoms with Gasteiger partial charge in [-0.3, -0.25) is 15.0 Å². The van der Waals surface area contributed by atoms with Crippen LogP contribution >= 0.6 is 0 Å². The summed E-state index contributed by atoms with van der Waals surface area (Å²) in [6.45, 7) is 5.13. The van der Waals surface area contributed by atoms with Crippen molar-refractivity contribution >= 4 is 5.91 Å². The fraction of sp³-hybridized carbons (Fsp3) is 0.421. The lowest BCUT2D eigenvalue weighted by atomic mass is 10.1. The molecule has 2 aliphatic heterocycles. The summed E-state index contributed by atoms with van der Waals surface area (Å²) in [4.78, 5) is 25.6. The van der Waals surface area contributed by atoms with Gasteiger partial charge in [-0.2, -0.15) is 0 Å². The minimum Gasteiger partial charge on any atom is -0.338 e. The van der Waals surface area contributed by atoms with Gasteiger partial charge < -0.3 is 4.90 Å². The molecule has 2 aromatic rings. The highest BCUT2D eigenvalue weighted by Crippen LogP contribution is 2.24. The average molecular weight is 337 g/mol. The number of fused-ring (bicyclic) bond motifs is 1. The molecule has 0 aliphatic carbocycles. The molecule has 1 aromatic carbocycles. The summed E-state index contributed by atoms with van der Waals surface area (Å²) in [5.74, 6) is 0.149. The molecule has 0 radical (unpaired) electrons. The molecule has 1 amide bonds. The monoisotopic (exact) mass is 337 g/mol. The molecule has 2 aliphatic rings. The van der Waals surface area contributed by atoms with Gasteiger partial charge in [-0.25, -0.2) is 9.97 Å². The number of carbonyl (C=O) groups excluding carboxylic acids is 1. The number of carbonyl (C=O) groups is 1. The van der Waals surface area contributed by atoms with Gasteiger partial charge in [0.1, 0.15) is 12.4 Å². The summed E-state index contributed by atoms with van der Waals surface area (Å²) in [5, 5.41) is 3.27. The zero-order valence-corrected chi connectivity index (χ0v) is 14.3. The second-order valence-electron chi connectivity index (χ2n) is 6.64. The van der Waals surface area contributed by atoms with Crippen LogP contribution in [0, 0.1) is 0 Å². The van der Waals surface area contributed by atoms with Crippen molar-refractivity contribution < 1.29 is 4.79 Å². The molecule has 25 heavy (non-hydrogen) atoms. The van der Waals surface area contributed by atoms with E-state index >= 15 is 0 Å². The Bertz CT molecular complexity index is 728. The smallest absolute Gasteiger partial charge is 0.244 e. The molecule has 4 rings (SSSR count). The molecule has 1 fully saturated rings. The van der Waals surface area contributed by atoms with Crippen LogP contribution in [0.2, 0.25) is 0 Å². The minimum absolute atomic E-state index is 0.149. The van der Waals surface area contributed by atoms with Crippen molar-refractivity contribution in [3.8, 4) is 0 Å². The van der Waals surface area contributed by atoms with Crippen LogP contribution in [0.15, 0.2) is 42.9 Å². The van der Waals surface area contributed by atoms with Gasteiger partial charge in [0.15, 0.2) is 0 Å². The highest BCUT2D eigenvalue weighted by atomic mass is 16.2. The van der Waals surface area contributed by atoms with Crippen molar-refractivity contribution in [2.24, 2.45) is 0 Å². The first-order chi connectivity index (χ1) is 12.3. The molecule has 1 saturated heterocycles. The molecule has 1 N–H and O–H groups in total. The average Bonchev–Trinajstić information content (AvgIpc) is 3.11. The van der Waals surface area contributed by atoms with Crippen LogP contribution in [0.4, 0.5) is 0 Å². The molecule has 1 atom stereocenters. The highest BCUT2D eigenvalue weighted by molar-refractivity contribution is 5.84. The molecule has 6 nitrogen and oxygen atoms in total. The third-order valence-corrected chi connectivity index (χ3v) is 5.10. The molecule has 0 saturated carbocycles.